The molecule has 0 aliphatic rings. The number of hydrogen-bond acceptors (Lipinski definition) is 3. The van der Waals surface area contributed by atoms with Gasteiger partial charge in [0.15, 0.2) is 4.77 Å². The van der Waals surface area contributed by atoms with Crippen LogP contribution in [-0.4, -0.2) is 21.8 Å². The van der Waals surface area contributed by atoms with E-state index in [0.717, 1.165) is 9.13 Å². The molecule has 0 spiro atoms. The summed E-state index contributed by atoms with van der Waals surface area (Å²) < 4.78 is 27.8. The van der Waals surface area contributed by atoms with Crippen molar-refractivity contribution in [2.24, 2.45) is 6.98 Å². The van der Waals surface area contributed by atoms with Gasteiger partial charge in [0.05, 0.1) is 6.61 Å². The zero-order valence-electron chi connectivity index (χ0n) is 9.48. The molecule has 1 aromatic rings. The molecule has 0 saturated heterocycles. The molecule has 0 aliphatic heterocycles. The Hall–Kier alpha value is -1.10. The van der Waals surface area contributed by atoms with Gasteiger partial charge in [0.2, 0.25) is 0 Å². The molecule has 1 heterocycles. The summed E-state index contributed by atoms with van der Waals surface area (Å²) in [4.78, 5) is 11.3. The number of rotatable bonds is 1. The first-order valence-electron chi connectivity index (χ1n) is 4.85. The maximum Gasteiger partial charge on any atom is 0.420 e. The fourth-order valence-corrected chi connectivity index (χ4v) is 0.905. The van der Waals surface area contributed by atoms with Crippen LogP contribution < -0.4 is 0 Å². The molecule has 4 nitrogen and oxygen atoms in total. The van der Waals surface area contributed by atoms with E-state index in [1.165, 1.54) is 12.4 Å². The third-order valence-corrected chi connectivity index (χ3v) is 1.63. The van der Waals surface area contributed by atoms with Crippen LogP contribution in [0.3, 0.4) is 0 Å². The van der Waals surface area contributed by atoms with Gasteiger partial charge < -0.3 is 9.30 Å². The molecular weight excluding hydrogens is 176 g/mol. The second kappa shape index (κ2) is 3.53. The van der Waals surface area contributed by atoms with Crippen molar-refractivity contribution < 1.29 is 13.6 Å². The van der Waals surface area contributed by atoms with Crippen molar-refractivity contribution in [3.63, 3.8) is 0 Å². The standard InChI is InChI=1S/C7H10N2O2S/c1-3-11-7(10)9-5-4-8(2)6(9)12/h4-5H,3H2,1-2H3/i2D3. The molecule has 5 heteroatoms. The molecule has 0 aliphatic carbocycles. The molecule has 0 radical (unpaired) electrons. The van der Waals surface area contributed by atoms with E-state index in [4.69, 9.17) is 21.1 Å². The van der Waals surface area contributed by atoms with Crippen LogP contribution in [0.5, 0.6) is 0 Å². The molecule has 0 atom stereocenters. The van der Waals surface area contributed by atoms with E-state index < -0.39 is 13.1 Å². The fourth-order valence-electron chi connectivity index (χ4n) is 0.709. The minimum Gasteiger partial charge on any atom is -0.449 e. The zero-order valence-corrected chi connectivity index (χ0v) is 7.30. The minimum atomic E-state index is -2.38. The van der Waals surface area contributed by atoms with E-state index in [2.05, 4.69) is 0 Å². The quantitative estimate of drug-likeness (QED) is 0.629. The van der Waals surface area contributed by atoms with Crippen LogP contribution in [0.1, 0.15) is 11.0 Å². The highest BCUT2D eigenvalue weighted by Gasteiger charge is 2.05. The number of hydrogen-bond donors (Lipinski definition) is 0. The van der Waals surface area contributed by atoms with Gasteiger partial charge in [-0.05, 0) is 19.1 Å². The number of nitrogens with zero attached hydrogens (tertiary/aromatic N) is 2. The Bertz CT molecular complexity index is 421. The summed E-state index contributed by atoms with van der Waals surface area (Å²) in [7, 11) is 0. The van der Waals surface area contributed by atoms with Crippen molar-refractivity contribution >= 4 is 18.3 Å². The number of carbonyl (C=O) groups excluding carboxylic acids is 1. The largest absolute Gasteiger partial charge is 0.449 e. The Kier molecular flexibility index (Phi) is 1.63. The van der Waals surface area contributed by atoms with Gasteiger partial charge in [0.1, 0.15) is 0 Å². The van der Waals surface area contributed by atoms with Gasteiger partial charge >= 0.3 is 6.09 Å². The van der Waals surface area contributed by atoms with Crippen molar-refractivity contribution in [3.05, 3.63) is 17.2 Å². The number of imidazole rings is 1. The van der Waals surface area contributed by atoms with Crippen molar-refractivity contribution in [1.82, 2.24) is 9.13 Å². The molecule has 0 fully saturated rings. The Morgan fingerprint density at radius 3 is 3.08 bits per heavy atom. The fraction of sp³-hybridized carbons (Fsp3) is 0.429. The maximum atomic E-state index is 11.3. The second-order valence-electron chi connectivity index (χ2n) is 2.02. The van der Waals surface area contributed by atoms with Gasteiger partial charge in [-0.15, -0.1) is 0 Å². The van der Waals surface area contributed by atoms with Crippen LogP contribution in [0.25, 0.3) is 0 Å². The van der Waals surface area contributed by atoms with E-state index in [0.29, 0.717) is 0 Å². The Balaban J connectivity index is 3.11. The molecule has 1 aromatic heterocycles. The molecule has 1 rings (SSSR count). The first-order chi connectivity index (χ1) is 6.88. The Morgan fingerprint density at radius 1 is 1.83 bits per heavy atom. The highest BCUT2D eigenvalue weighted by atomic mass is 32.1. The molecule has 12 heavy (non-hydrogen) atoms. The average molecular weight is 189 g/mol. The maximum absolute atomic E-state index is 11.3. The summed E-state index contributed by atoms with van der Waals surface area (Å²) in [5.74, 6) is 0. The SMILES string of the molecule is [2H]C([2H])([2H])n1ccn(C(=O)OCC)c1=S. The summed E-state index contributed by atoms with van der Waals surface area (Å²) in [6.45, 7) is -0.517. The summed E-state index contributed by atoms with van der Waals surface area (Å²) in [6, 6.07) is 0. The van der Waals surface area contributed by atoms with Crippen LogP contribution in [0, 0.1) is 4.77 Å². The minimum absolute atomic E-state index is 0.103. The normalized spacial score (nSPS) is 14.6. The Morgan fingerprint density at radius 2 is 2.58 bits per heavy atom. The Labute approximate surface area is 79.6 Å². The third kappa shape index (κ3) is 1.55. The molecular formula is C7H10N2O2S. The van der Waals surface area contributed by atoms with E-state index in [1.807, 2.05) is 0 Å². The van der Waals surface area contributed by atoms with Crippen molar-refractivity contribution in [2.45, 2.75) is 6.92 Å². The number of aryl methyl sites for hydroxylation is 1. The van der Waals surface area contributed by atoms with Crippen molar-refractivity contribution in [1.29, 1.82) is 0 Å². The van der Waals surface area contributed by atoms with E-state index >= 15 is 0 Å². The summed E-state index contributed by atoms with van der Waals surface area (Å²) in [6.07, 6.45) is 1.82. The van der Waals surface area contributed by atoms with Crippen LogP contribution in [-0.2, 0) is 11.7 Å². The lowest BCUT2D eigenvalue weighted by atomic mass is 10.8. The smallest absolute Gasteiger partial charge is 0.420 e. The lowest BCUT2D eigenvalue weighted by Crippen LogP contribution is -2.13. The van der Waals surface area contributed by atoms with E-state index in [1.54, 1.807) is 6.92 Å². The highest BCUT2D eigenvalue weighted by molar-refractivity contribution is 7.71. The monoisotopic (exact) mass is 189 g/mol. The summed E-state index contributed by atoms with van der Waals surface area (Å²) >= 11 is 4.83. The van der Waals surface area contributed by atoms with Crippen molar-refractivity contribution in [2.75, 3.05) is 6.61 Å². The molecule has 0 amide bonds. The summed E-state index contributed by atoms with van der Waals surface area (Å²) in [5.41, 5.74) is 0. The lowest BCUT2D eigenvalue weighted by Gasteiger charge is -2.00. The van der Waals surface area contributed by atoms with Crippen LogP contribution in [0.15, 0.2) is 12.4 Å². The highest BCUT2D eigenvalue weighted by Crippen LogP contribution is 1.96. The number of aromatic nitrogens is 2. The van der Waals surface area contributed by atoms with Gasteiger partial charge in [-0.2, -0.15) is 0 Å². The van der Waals surface area contributed by atoms with Crippen LogP contribution >= 0.6 is 12.2 Å². The van der Waals surface area contributed by atoms with Gasteiger partial charge in [-0.1, -0.05) is 0 Å². The van der Waals surface area contributed by atoms with Gasteiger partial charge in [0.25, 0.3) is 0 Å². The number of ether oxygens (including phenoxy) is 1. The first-order valence-corrected chi connectivity index (χ1v) is 3.76. The molecule has 0 saturated carbocycles. The predicted octanol–water partition coefficient (Wildman–Crippen LogP) is 1.56. The molecule has 0 bridgehead atoms. The molecule has 66 valence electrons. The topological polar surface area (TPSA) is 36.2 Å². The first kappa shape index (κ1) is 5.53. The average Bonchev–Trinajstić information content (AvgIpc) is 2.46. The number of carbonyl (C=O) groups is 1. The van der Waals surface area contributed by atoms with E-state index in [-0.39, 0.29) is 11.4 Å². The van der Waals surface area contributed by atoms with Crippen molar-refractivity contribution in [3.8, 4) is 0 Å². The lowest BCUT2D eigenvalue weighted by molar-refractivity contribution is 0.153. The van der Waals surface area contributed by atoms with Gasteiger partial charge in [0, 0.05) is 23.5 Å². The van der Waals surface area contributed by atoms with E-state index in [9.17, 15) is 4.79 Å². The second-order valence-corrected chi connectivity index (χ2v) is 2.38. The van der Waals surface area contributed by atoms with Crippen LogP contribution in [0.4, 0.5) is 4.79 Å². The van der Waals surface area contributed by atoms with Crippen LogP contribution in [0.2, 0.25) is 0 Å². The predicted molar refractivity (Wildman–Crippen MR) is 46.7 cm³/mol. The zero-order chi connectivity index (χ0) is 11.6. The molecule has 0 N–H and O–H groups in total. The summed E-state index contributed by atoms with van der Waals surface area (Å²) in [5, 5.41) is 0. The molecule has 0 aromatic carbocycles. The van der Waals surface area contributed by atoms with Gasteiger partial charge in [-0.3, -0.25) is 0 Å². The third-order valence-electron chi connectivity index (χ3n) is 1.24. The molecule has 0 unspecified atom stereocenters. The van der Waals surface area contributed by atoms with Gasteiger partial charge in [-0.25, -0.2) is 9.36 Å².